The maximum absolute atomic E-state index is 11.7. The molecule has 31 heavy (non-hydrogen) atoms. The molecular weight excluding hydrogens is 414 g/mol. The maximum Gasteiger partial charge on any atom is 0.337 e. The zero-order chi connectivity index (χ0) is 21.6. The van der Waals surface area contributed by atoms with Crippen molar-refractivity contribution in [2.45, 2.75) is 13.2 Å². The minimum atomic E-state index is -0.381. The number of ether oxygens (including phenoxy) is 3. The molecule has 1 heterocycles. The smallest absolute Gasteiger partial charge is 0.337 e. The van der Waals surface area contributed by atoms with Gasteiger partial charge in [-0.25, -0.2) is 4.79 Å². The Bertz CT molecular complexity index is 1180. The van der Waals surface area contributed by atoms with Gasteiger partial charge in [0.2, 0.25) is 0 Å². The van der Waals surface area contributed by atoms with Crippen LogP contribution in [0.2, 0.25) is 5.02 Å². The number of hydrogen-bond donors (Lipinski definition) is 1. The number of benzene rings is 3. The van der Waals surface area contributed by atoms with Gasteiger partial charge in [-0.05, 0) is 48.5 Å². The van der Waals surface area contributed by atoms with Crippen molar-refractivity contribution in [2.24, 2.45) is 0 Å². The Morgan fingerprint density at radius 3 is 2.68 bits per heavy atom. The Kier molecular flexibility index (Phi) is 6.42. The first-order chi connectivity index (χ1) is 15.1. The van der Waals surface area contributed by atoms with Crippen molar-refractivity contribution in [2.75, 3.05) is 19.2 Å². The van der Waals surface area contributed by atoms with Crippen LogP contribution >= 0.6 is 11.6 Å². The molecule has 4 rings (SSSR count). The second-order valence-electron chi connectivity index (χ2n) is 6.92. The van der Waals surface area contributed by atoms with Crippen molar-refractivity contribution in [3.05, 3.63) is 93.5 Å². The fraction of sp³-hybridized carbons (Fsp3) is 0.160. The lowest BCUT2D eigenvalue weighted by Crippen LogP contribution is -2.14. The predicted octanol–water partition coefficient (Wildman–Crippen LogP) is 5.01. The second kappa shape index (κ2) is 9.57. The quantitative estimate of drug-likeness (QED) is 0.463. The summed E-state index contributed by atoms with van der Waals surface area (Å²) in [6, 6.07) is 18.6. The van der Waals surface area contributed by atoms with Crippen molar-refractivity contribution in [3.8, 4) is 17.6 Å². The largest absolute Gasteiger partial charge is 0.467 e. The van der Waals surface area contributed by atoms with Gasteiger partial charge in [-0.3, -0.25) is 0 Å². The van der Waals surface area contributed by atoms with Crippen molar-refractivity contribution in [3.63, 3.8) is 0 Å². The first kappa shape index (κ1) is 20.8. The number of anilines is 1. The first-order valence-electron chi connectivity index (χ1n) is 9.68. The normalized spacial score (nSPS) is 12.1. The number of fused-ring (bicyclic) bond motifs is 1. The zero-order valence-corrected chi connectivity index (χ0v) is 17.7. The molecule has 1 aliphatic rings. The summed E-state index contributed by atoms with van der Waals surface area (Å²) < 4.78 is 15.8. The fourth-order valence-corrected chi connectivity index (χ4v) is 3.54. The van der Waals surface area contributed by atoms with Gasteiger partial charge in [0.05, 0.1) is 19.3 Å². The van der Waals surface area contributed by atoms with E-state index >= 15 is 0 Å². The van der Waals surface area contributed by atoms with E-state index in [0.29, 0.717) is 23.7 Å². The van der Waals surface area contributed by atoms with Crippen LogP contribution in [-0.2, 0) is 22.6 Å². The van der Waals surface area contributed by atoms with E-state index in [1.807, 2.05) is 42.5 Å². The molecule has 0 aliphatic carbocycles. The van der Waals surface area contributed by atoms with E-state index < -0.39 is 0 Å². The molecule has 0 spiro atoms. The molecule has 0 aromatic heterocycles. The third-order valence-corrected chi connectivity index (χ3v) is 4.95. The van der Waals surface area contributed by atoms with E-state index in [1.54, 1.807) is 18.2 Å². The first-order valence-corrected chi connectivity index (χ1v) is 10.1. The molecule has 3 aromatic rings. The van der Waals surface area contributed by atoms with Crippen LogP contribution in [0.3, 0.4) is 0 Å². The molecule has 0 atom stereocenters. The van der Waals surface area contributed by atoms with Gasteiger partial charge in [0.1, 0.15) is 5.75 Å². The van der Waals surface area contributed by atoms with Gasteiger partial charge >= 0.3 is 5.97 Å². The summed E-state index contributed by atoms with van der Waals surface area (Å²) in [4.78, 5) is 11.7. The standard InChI is InChI=1S/C25H20ClNO4/c1-29-25(28)19-6-2-4-17(10-19)8-9-18-5-3-7-23(11-18)27-14-20-12-22(26)13-21-15-30-16-31-24(20)21/h2-7,10-13,27H,14-16H2,1H3. The van der Waals surface area contributed by atoms with Gasteiger partial charge in [-0.2, -0.15) is 0 Å². The van der Waals surface area contributed by atoms with Gasteiger partial charge in [0, 0.05) is 39.5 Å². The number of hydrogen-bond acceptors (Lipinski definition) is 5. The number of carbonyl (C=O) groups is 1. The molecular formula is C25H20ClNO4. The summed E-state index contributed by atoms with van der Waals surface area (Å²) in [5.41, 5.74) is 4.92. The van der Waals surface area contributed by atoms with E-state index in [1.165, 1.54) is 7.11 Å². The monoisotopic (exact) mass is 433 g/mol. The molecule has 5 nitrogen and oxygen atoms in total. The summed E-state index contributed by atoms with van der Waals surface area (Å²) in [5, 5.41) is 4.05. The number of halogens is 1. The zero-order valence-electron chi connectivity index (χ0n) is 16.9. The summed E-state index contributed by atoms with van der Waals surface area (Å²) in [6.45, 7) is 1.29. The van der Waals surface area contributed by atoms with Crippen LogP contribution < -0.4 is 10.1 Å². The highest BCUT2D eigenvalue weighted by Gasteiger charge is 2.16. The van der Waals surface area contributed by atoms with E-state index in [0.717, 1.165) is 33.7 Å². The van der Waals surface area contributed by atoms with Crippen LogP contribution in [0.5, 0.6) is 5.75 Å². The predicted molar refractivity (Wildman–Crippen MR) is 119 cm³/mol. The molecule has 156 valence electrons. The Hall–Kier alpha value is -3.46. The van der Waals surface area contributed by atoms with Crippen LogP contribution in [0.25, 0.3) is 0 Å². The molecule has 1 aliphatic heterocycles. The SMILES string of the molecule is COC(=O)c1cccc(C#Cc2cccc(NCc3cc(Cl)cc4c3OCOC4)c2)c1. The molecule has 0 saturated heterocycles. The van der Waals surface area contributed by atoms with Gasteiger partial charge in [-0.1, -0.05) is 35.6 Å². The van der Waals surface area contributed by atoms with Crippen molar-refractivity contribution < 1.29 is 19.0 Å². The average molecular weight is 434 g/mol. The molecule has 0 radical (unpaired) electrons. The second-order valence-corrected chi connectivity index (χ2v) is 7.36. The van der Waals surface area contributed by atoms with Crippen LogP contribution in [0.15, 0.2) is 60.7 Å². The third kappa shape index (κ3) is 5.18. The highest BCUT2D eigenvalue weighted by atomic mass is 35.5. The summed E-state index contributed by atoms with van der Waals surface area (Å²) in [6.07, 6.45) is 0. The third-order valence-electron chi connectivity index (χ3n) is 4.73. The van der Waals surface area contributed by atoms with Gasteiger partial charge < -0.3 is 19.5 Å². The lowest BCUT2D eigenvalue weighted by molar-refractivity contribution is -0.0169. The number of esters is 1. The molecule has 1 N–H and O–H groups in total. The van der Waals surface area contributed by atoms with Gasteiger partial charge in [0.15, 0.2) is 6.79 Å². The van der Waals surface area contributed by atoms with E-state index in [-0.39, 0.29) is 12.8 Å². The molecule has 3 aromatic carbocycles. The summed E-state index contributed by atoms with van der Waals surface area (Å²) >= 11 is 6.24. The molecule has 0 fully saturated rings. The Morgan fingerprint density at radius 2 is 1.87 bits per heavy atom. The van der Waals surface area contributed by atoms with E-state index in [9.17, 15) is 4.79 Å². The van der Waals surface area contributed by atoms with Crippen LogP contribution in [0.1, 0.15) is 32.6 Å². The van der Waals surface area contributed by atoms with Crippen molar-refractivity contribution in [1.82, 2.24) is 0 Å². The van der Waals surface area contributed by atoms with Gasteiger partial charge in [-0.15, -0.1) is 0 Å². The van der Waals surface area contributed by atoms with Crippen molar-refractivity contribution >= 4 is 23.3 Å². The molecule has 6 heteroatoms. The Morgan fingerprint density at radius 1 is 1.10 bits per heavy atom. The van der Waals surface area contributed by atoms with Crippen molar-refractivity contribution in [1.29, 1.82) is 0 Å². The highest BCUT2D eigenvalue weighted by Crippen LogP contribution is 2.32. The molecule has 0 amide bonds. The summed E-state index contributed by atoms with van der Waals surface area (Å²) in [5.74, 6) is 6.67. The highest BCUT2D eigenvalue weighted by molar-refractivity contribution is 6.30. The topological polar surface area (TPSA) is 56.8 Å². The number of carbonyl (C=O) groups excluding carboxylic acids is 1. The van der Waals surface area contributed by atoms with Crippen LogP contribution in [0.4, 0.5) is 5.69 Å². The minimum Gasteiger partial charge on any atom is -0.467 e. The molecule has 0 saturated carbocycles. The fourth-order valence-electron chi connectivity index (χ4n) is 3.28. The Labute approximate surface area is 185 Å². The number of rotatable bonds is 4. The molecule has 0 unspecified atom stereocenters. The summed E-state index contributed by atoms with van der Waals surface area (Å²) in [7, 11) is 1.36. The lowest BCUT2D eigenvalue weighted by Gasteiger charge is -2.21. The van der Waals surface area contributed by atoms with E-state index in [2.05, 4.69) is 17.2 Å². The average Bonchev–Trinajstić information content (AvgIpc) is 2.81. The Balaban J connectivity index is 1.49. The minimum absolute atomic E-state index is 0.240. The lowest BCUT2D eigenvalue weighted by atomic mass is 10.1. The van der Waals surface area contributed by atoms with Crippen LogP contribution in [-0.4, -0.2) is 19.9 Å². The van der Waals surface area contributed by atoms with E-state index in [4.69, 9.17) is 25.8 Å². The number of methoxy groups -OCH3 is 1. The van der Waals surface area contributed by atoms with Crippen LogP contribution in [0, 0.1) is 11.8 Å². The molecule has 0 bridgehead atoms. The maximum atomic E-state index is 11.7. The van der Waals surface area contributed by atoms with Gasteiger partial charge in [0.25, 0.3) is 0 Å². The number of nitrogens with one attached hydrogen (secondary N) is 1.